The predicted molar refractivity (Wildman–Crippen MR) is 97.6 cm³/mol. The minimum atomic E-state index is -1.67. The van der Waals surface area contributed by atoms with Crippen LogP contribution in [0.2, 0.25) is 5.02 Å². The van der Waals surface area contributed by atoms with Crippen LogP contribution in [0.3, 0.4) is 0 Å². The summed E-state index contributed by atoms with van der Waals surface area (Å²) in [6, 6.07) is 19.1. The number of ether oxygens (including phenoxy) is 1. The van der Waals surface area contributed by atoms with E-state index in [2.05, 4.69) is 0 Å². The molecular weight excluding hydrogens is 352 g/mol. The first-order valence-electron chi connectivity index (χ1n) is 8.08. The zero-order valence-corrected chi connectivity index (χ0v) is 14.7. The largest absolute Gasteiger partial charge is 0.451 e. The first-order chi connectivity index (χ1) is 12.6. The number of hydrogen-bond donors (Lipinski definition) is 1. The van der Waals surface area contributed by atoms with Gasteiger partial charge in [-0.3, -0.25) is 4.79 Å². The average molecular weight is 367 g/mol. The fourth-order valence-electron chi connectivity index (χ4n) is 3.30. The quantitative estimate of drug-likeness (QED) is 0.404. The number of ketones is 1. The number of carbonyl (C=O) groups excluding carboxylic acids is 1. The second kappa shape index (κ2) is 6.25. The van der Waals surface area contributed by atoms with E-state index < -0.39 is 5.79 Å². The molecule has 1 N–H and O–H groups in total. The highest BCUT2D eigenvalue weighted by Crippen LogP contribution is 2.44. The number of aryl methyl sites for hydroxylation is 1. The number of para-hydroxylation sites is 1. The summed E-state index contributed by atoms with van der Waals surface area (Å²) in [6.07, 6.45) is 0. The van der Waals surface area contributed by atoms with Gasteiger partial charge in [-0.25, -0.2) is 5.26 Å². The van der Waals surface area contributed by atoms with E-state index in [-0.39, 0.29) is 5.78 Å². The SMILES string of the molecule is Cc1ccccc1OC1(OO)c2ccccc2C(=O)c2cc(Cl)ccc21. The zero-order chi connectivity index (χ0) is 18.3. The van der Waals surface area contributed by atoms with Crippen LogP contribution in [0.1, 0.15) is 32.6 Å². The third kappa shape index (κ3) is 2.42. The van der Waals surface area contributed by atoms with E-state index in [1.165, 1.54) is 0 Å². The lowest BCUT2D eigenvalue weighted by Gasteiger charge is -2.37. The minimum absolute atomic E-state index is 0.195. The van der Waals surface area contributed by atoms with Gasteiger partial charge in [-0.1, -0.05) is 54.1 Å². The van der Waals surface area contributed by atoms with Gasteiger partial charge in [0.05, 0.1) is 0 Å². The van der Waals surface area contributed by atoms with Crippen molar-refractivity contribution >= 4 is 17.4 Å². The molecule has 1 aliphatic carbocycles. The number of hydrogen-bond acceptors (Lipinski definition) is 4. The molecule has 0 aromatic heterocycles. The van der Waals surface area contributed by atoms with E-state index in [4.69, 9.17) is 21.2 Å². The summed E-state index contributed by atoms with van der Waals surface area (Å²) in [4.78, 5) is 17.9. The van der Waals surface area contributed by atoms with E-state index in [0.29, 0.717) is 33.0 Å². The Kier molecular flexibility index (Phi) is 4.04. The zero-order valence-electron chi connectivity index (χ0n) is 13.9. The third-order valence-electron chi connectivity index (χ3n) is 4.58. The van der Waals surface area contributed by atoms with E-state index >= 15 is 0 Å². The first-order valence-corrected chi connectivity index (χ1v) is 8.46. The normalized spacial score (nSPS) is 18.2. The molecule has 0 saturated carbocycles. The van der Waals surface area contributed by atoms with Crippen molar-refractivity contribution in [2.24, 2.45) is 0 Å². The van der Waals surface area contributed by atoms with Crippen LogP contribution in [0.4, 0.5) is 0 Å². The van der Waals surface area contributed by atoms with Crippen molar-refractivity contribution in [3.8, 4) is 5.75 Å². The molecule has 0 amide bonds. The molecule has 3 aromatic rings. The Bertz CT molecular complexity index is 1010. The van der Waals surface area contributed by atoms with E-state index in [0.717, 1.165) is 5.56 Å². The molecule has 1 aliphatic rings. The van der Waals surface area contributed by atoms with Crippen molar-refractivity contribution in [3.05, 3.63) is 99.6 Å². The lowest BCUT2D eigenvalue weighted by molar-refractivity contribution is -0.373. The molecule has 0 saturated heterocycles. The molecule has 0 aliphatic heterocycles. The number of halogens is 1. The average Bonchev–Trinajstić information content (AvgIpc) is 2.67. The summed E-state index contributed by atoms with van der Waals surface area (Å²) in [5, 5.41) is 10.4. The van der Waals surface area contributed by atoms with Gasteiger partial charge in [0.25, 0.3) is 5.79 Å². The maximum absolute atomic E-state index is 12.9. The van der Waals surface area contributed by atoms with Crippen LogP contribution in [0, 0.1) is 6.92 Å². The molecule has 3 aromatic carbocycles. The van der Waals surface area contributed by atoms with Crippen LogP contribution in [0.25, 0.3) is 0 Å². The number of carbonyl (C=O) groups is 1. The molecule has 0 heterocycles. The molecule has 130 valence electrons. The fourth-order valence-corrected chi connectivity index (χ4v) is 3.47. The number of fused-ring (bicyclic) bond motifs is 2. The Morgan fingerprint density at radius 1 is 0.923 bits per heavy atom. The van der Waals surface area contributed by atoms with Gasteiger partial charge in [-0.2, -0.15) is 4.89 Å². The summed E-state index contributed by atoms with van der Waals surface area (Å²) in [5.41, 5.74) is 2.43. The lowest BCUT2D eigenvalue weighted by atomic mass is 9.80. The predicted octanol–water partition coefficient (Wildman–Crippen LogP) is 4.96. The van der Waals surface area contributed by atoms with E-state index in [1.54, 1.807) is 48.5 Å². The molecule has 1 unspecified atom stereocenters. The van der Waals surface area contributed by atoms with Crippen molar-refractivity contribution in [1.29, 1.82) is 0 Å². The molecule has 0 fully saturated rings. The van der Waals surface area contributed by atoms with E-state index in [1.807, 2.05) is 25.1 Å². The van der Waals surface area contributed by atoms with E-state index in [9.17, 15) is 10.1 Å². The van der Waals surface area contributed by atoms with Crippen molar-refractivity contribution < 1.29 is 19.7 Å². The van der Waals surface area contributed by atoms with Crippen LogP contribution in [0.5, 0.6) is 5.75 Å². The number of benzene rings is 3. The molecule has 0 bridgehead atoms. The molecule has 4 rings (SSSR count). The number of rotatable bonds is 3. The van der Waals surface area contributed by atoms with Crippen LogP contribution >= 0.6 is 11.6 Å². The van der Waals surface area contributed by atoms with Gasteiger partial charge in [-0.05, 0) is 36.8 Å². The highest BCUT2D eigenvalue weighted by molar-refractivity contribution is 6.31. The molecule has 5 heteroatoms. The van der Waals surface area contributed by atoms with Crippen molar-refractivity contribution in [1.82, 2.24) is 0 Å². The summed E-state index contributed by atoms with van der Waals surface area (Å²) >= 11 is 6.09. The highest BCUT2D eigenvalue weighted by atomic mass is 35.5. The van der Waals surface area contributed by atoms with Gasteiger partial charge in [0.2, 0.25) is 0 Å². The standard InChI is InChI=1S/C21H15ClO4/c1-13-6-2-5-9-19(13)25-21(26-24)17-8-4-3-7-15(17)20(23)16-12-14(22)10-11-18(16)21/h2-12,24H,1H3. The maximum atomic E-state index is 12.9. The lowest BCUT2D eigenvalue weighted by Crippen LogP contribution is -2.42. The maximum Gasteiger partial charge on any atom is 0.294 e. The Balaban J connectivity index is 2.01. The van der Waals surface area contributed by atoms with Crippen molar-refractivity contribution in [2.75, 3.05) is 0 Å². The second-order valence-electron chi connectivity index (χ2n) is 6.14. The van der Waals surface area contributed by atoms with Gasteiger partial charge in [0, 0.05) is 27.3 Å². The van der Waals surface area contributed by atoms with Gasteiger partial charge in [0.15, 0.2) is 5.78 Å². The van der Waals surface area contributed by atoms with Gasteiger partial charge < -0.3 is 4.74 Å². The van der Waals surface area contributed by atoms with Crippen molar-refractivity contribution in [2.45, 2.75) is 12.7 Å². The smallest absolute Gasteiger partial charge is 0.294 e. The van der Waals surface area contributed by atoms with Crippen LogP contribution < -0.4 is 4.74 Å². The summed E-state index contributed by atoms with van der Waals surface area (Å²) < 4.78 is 6.20. The topological polar surface area (TPSA) is 55.8 Å². The van der Waals surface area contributed by atoms with Crippen LogP contribution in [-0.4, -0.2) is 11.0 Å². The Morgan fingerprint density at radius 2 is 1.62 bits per heavy atom. The van der Waals surface area contributed by atoms with Gasteiger partial charge >= 0.3 is 0 Å². The monoisotopic (exact) mass is 366 g/mol. The highest BCUT2D eigenvalue weighted by Gasteiger charge is 2.48. The molecule has 4 nitrogen and oxygen atoms in total. The molecule has 0 radical (unpaired) electrons. The van der Waals surface area contributed by atoms with Gasteiger partial charge in [0.1, 0.15) is 5.75 Å². The minimum Gasteiger partial charge on any atom is -0.451 e. The Hall–Kier alpha value is -2.66. The van der Waals surface area contributed by atoms with Crippen molar-refractivity contribution in [3.63, 3.8) is 0 Å². The molecular formula is C21H15ClO4. The Morgan fingerprint density at radius 3 is 2.38 bits per heavy atom. The summed E-state index contributed by atoms with van der Waals surface area (Å²) in [7, 11) is 0. The fraction of sp³-hybridized carbons (Fsp3) is 0.0952. The van der Waals surface area contributed by atoms with Crippen LogP contribution in [-0.2, 0) is 10.7 Å². The first kappa shape index (κ1) is 16.8. The molecule has 0 spiro atoms. The van der Waals surface area contributed by atoms with Crippen LogP contribution in [0.15, 0.2) is 66.7 Å². The second-order valence-corrected chi connectivity index (χ2v) is 6.58. The van der Waals surface area contributed by atoms with Gasteiger partial charge in [-0.15, -0.1) is 0 Å². The molecule has 26 heavy (non-hydrogen) atoms. The third-order valence-corrected chi connectivity index (χ3v) is 4.82. The summed E-state index contributed by atoms with van der Waals surface area (Å²) in [5.74, 6) is -1.33. The molecule has 1 atom stereocenters. The Labute approximate surface area is 155 Å². The summed E-state index contributed by atoms with van der Waals surface area (Å²) in [6.45, 7) is 1.89.